The Morgan fingerprint density at radius 1 is 1.28 bits per heavy atom. The van der Waals surface area contributed by atoms with Gasteiger partial charge in [0.1, 0.15) is 18.1 Å². The van der Waals surface area contributed by atoms with E-state index in [1.165, 1.54) is 0 Å². The Labute approximate surface area is 187 Å². The topological polar surface area (TPSA) is 90.5 Å². The molecule has 0 bridgehead atoms. The smallest absolute Gasteiger partial charge is 0.325 e. The van der Waals surface area contributed by atoms with Crippen molar-refractivity contribution in [2.75, 3.05) is 19.7 Å². The van der Waals surface area contributed by atoms with Gasteiger partial charge in [-0.2, -0.15) is 5.10 Å². The first kappa shape index (κ1) is 22.0. The predicted octanol–water partition coefficient (Wildman–Crippen LogP) is 4.30. The van der Waals surface area contributed by atoms with E-state index in [4.69, 9.17) is 14.1 Å². The lowest BCUT2D eigenvalue weighted by atomic mass is 10.1. The van der Waals surface area contributed by atoms with Crippen molar-refractivity contribution in [1.82, 2.24) is 19.7 Å². The van der Waals surface area contributed by atoms with Crippen molar-refractivity contribution in [2.45, 2.75) is 53.5 Å². The van der Waals surface area contributed by atoms with E-state index < -0.39 is 5.97 Å². The zero-order chi connectivity index (χ0) is 23.0. The lowest BCUT2D eigenvalue weighted by Gasteiger charge is -2.22. The van der Waals surface area contributed by atoms with Gasteiger partial charge >= 0.3 is 5.97 Å². The lowest BCUT2D eigenvalue weighted by Crippen LogP contribution is -2.38. The molecule has 0 radical (unpaired) electrons. The summed E-state index contributed by atoms with van der Waals surface area (Å²) in [6, 6.07) is 3.79. The third-order valence-electron chi connectivity index (χ3n) is 5.69. The number of carbonyl (C=O) groups is 2. The molecule has 8 heteroatoms. The zero-order valence-corrected chi connectivity index (χ0v) is 19.3. The molecule has 0 N–H and O–H groups in total. The fourth-order valence-electron chi connectivity index (χ4n) is 3.96. The van der Waals surface area contributed by atoms with Crippen LogP contribution in [0.25, 0.3) is 22.3 Å². The van der Waals surface area contributed by atoms with Crippen molar-refractivity contribution >= 4 is 22.9 Å². The highest BCUT2D eigenvalue weighted by Crippen LogP contribution is 2.33. The zero-order valence-electron chi connectivity index (χ0n) is 19.3. The number of hydrogen-bond acceptors (Lipinski definition) is 6. The van der Waals surface area contributed by atoms with Crippen molar-refractivity contribution in [3.8, 4) is 11.3 Å². The first-order valence-electron chi connectivity index (χ1n) is 11.2. The van der Waals surface area contributed by atoms with Gasteiger partial charge in [-0.1, -0.05) is 0 Å². The highest BCUT2D eigenvalue weighted by atomic mass is 16.5. The van der Waals surface area contributed by atoms with Crippen LogP contribution < -0.4 is 0 Å². The molecule has 0 spiro atoms. The fraction of sp³-hybridized carbons (Fsp3) is 0.500. The van der Waals surface area contributed by atoms with Crippen LogP contribution in [0.1, 0.15) is 61.5 Å². The molecule has 3 aromatic heterocycles. The first-order chi connectivity index (χ1) is 15.3. The number of aryl methyl sites for hydroxylation is 2. The number of furan rings is 1. The number of rotatable bonds is 8. The highest BCUT2D eigenvalue weighted by molar-refractivity contribution is 6.07. The quantitative estimate of drug-likeness (QED) is 0.487. The Balaban J connectivity index is 1.82. The van der Waals surface area contributed by atoms with Crippen LogP contribution in [-0.2, 0) is 9.53 Å². The first-order valence-corrected chi connectivity index (χ1v) is 11.2. The number of fused-ring (bicyclic) bond motifs is 1. The average molecular weight is 439 g/mol. The monoisotopic (exact) mass is 438 g/mol. The molecule has 0 aliphatic heterocycles. The minimum atomic E-state index is -0.397. The fourth-order valence-corrected chi connectivity index (χ4v) is 3.96. The molecular weight excluding hydrogens is 408 g/mol. The van der Waals surface area contributed by atoms with Gasteiger partial charge in [0, 0.05) is 18.2 Å². The van der Waals surface area contributed by atoms with Gasteiger partial charge < -0.3 is 14.1 Å². The Hall–Kier alpha value is -3.16. The summed E-state index contributed by atoms with van der Waals surface area (Å²) >= 11 is 0. The third-order valence-corrected chi connectivity index (χ3v) is 5.69. The van der Waals surface area contributed by atoms with E-state index in [1.807, 2.05) is 38.4 Å². The molecule has 1 saturated carbocycles. The van der Waals surface area contributed by atoms with Crippen LogP contribution in [0.4, 0.5) is 0 Å². The molecule has 4 rings (SSSR count). The number of aromatic nitrogens is 3. The summed E-state index contributed by atoms with van der Waals surface area (Å²) in [7, 11) is 0. The molecule has 3 aromatic rings. The standard InChI is InChI=1S/C24H30N4O4/c1-6-31-22(29)13-27(12-17-7-8-17)24(30)19-10-21(18-9-15(4)32-16(18)5)26-23-20(19)11-25-28(23)14(2)3/h9-11,14,17H,6-8,12-13H2,1-5H3. The summed E-state index contributed by atoms with van der Waals surface area (Å²) in [5.41, 5.74) is 2.62. The molecule has 0 atom stereocenters. The lowest BCUT2D eigenvalue weighted by molar-refractivity contribution is -0.143. The van der Waals surface area contributed by atoms with E-state index in [0.29, 0.717) is 34.8 Å². The second-order valence-electron chi connectivity index (χ2n) is 8.74. The van der Waals surface area contributed by atoms with Gasteiger partial charge in [0.2, 0.25) is 0 Å². The van der Waals surface area contributed by atoms with Crippen LogP contribution in [0.2, 0.25) is 0 Å². The van der Waals surface area contributed by atoms with Crippen molar-refractivity contribution in [1.29, 1.82) is 0 Å². The van der Waals surface area contributed by atoms with E-state index in [2.05, 4.69) is 5.10 Å². The maximum Gasteiger partial charge on any atom is 0.325 e. The summed E-state index contributed by atoms with van der Waals surface area (Å²) < 4.78 is 12.6. The Bertz CT molecular complexity index is 1160. The van der Waals surface area contributed by atoms with Gasteiger partial charge in [-0.15, -0.1) is 0 Å². The molecule has 1 fully saturated rings. The Morgan fingerprint density at radius 2 is 2.03 bits per heavy atom. The van der Waals surface area contributed by atoms with Crippen LogP contribution in [-0.4, -0.2) is 51.2 Å². The molecule has 1 aliphatic carbocycles. The van der Waals surface area contributed by atoms with Crippen molar-refractivity contribution in [2.24, 2.45) is 5.92 Å². The molecule has 8 nitrogen and oxygen atoms in total. The summed E-state index contributed by atoms with van der Waals surface area (Å²) in [6.45, 7) is 10.3. The minimum absolute atomic E-state index is 0.0650. The number of carbonyl (C=O) groups excluding carboxylic acids is 2. The van der Waals surface area contributed by atoms with Crippen molar-refractivity contribution in [3.05, 3.63) is 35.4 Å². The molecule has 0 aromatic carbocycles. The molecule has 32 heavy (non-hydrogen) atoms. The number of esters is 1. The van der Waals surface area contributed by atoms with Gasteiger partial charge in [-0.3, -0.25) is 9.59 Å². The van der Waals surface area contributed by atoms with Gasteiger partial charge in [-0.05, 0) is 65.5 Å². The number of nitrogens with zero attached hydrogens (tertiary/aromatic N) is 4. The van der Waals surface area contributed by atoms with Crippen LogP contribution in [0.3, 0.4) is 0 Å². The van der Waals surface area contributed by atoms with Crippen molar-refractivity contribution in [3.63, 3.8) is 0 Å². The number of pyridine rings is 1. The maximum atomic E-state index is 13.7. The van der Waals surface area contributed by atoms with E-state index in [1.54, 1.807) is 24.1 Å². The van der Waals surface area contributed by atoms with Crippen LogP contribution in [0.15, 0.2) is 22.7 Å². The predicted molar refractivity (Wildman–Crippen MR) is 120 cm³/mol. The number of amides is 1. The number of hydrogen-bond donors (Lipinski definition) is 0. The van der Waals surface area contributed by atoms with E-state index >= 15 is 0 Å². The molecule has 170 valence electrons. The van der Waals surface area contributed by atoms with Gasteiger partial charge in [-0.25, -0.2) is 9.67 Å². The minimum Gasteiger partial charge on any atom is -0.466 e. The highest BCUT2D eigenvalue weighted by Gasteiger charge is 2.30. The van der Waals surface area contributed by atoms with E-state index in [0.717, 1.165) is 29.9 Å². The van der Waals surface area contributed by atoms with Gasteiger partial charge in [0.25, 0.3) is 5.91 Å². The summed E-state index contributed by atoms with van der Waals surface area (Å²) in [5.74, 6) is 1.35. The molecule has 1 aliphatic rings. The normalized spacial score (nSPS) is 13.7. The van der Waals surface area contributed by atoms with Crippen LogP contribution in [0, 0.1) is 19.8 Å². The summed E-state index contributed by atoms with van der Waals surface area (Å²) in [6.07, 6.45) is 3.83. The van der Waals surface area contributed by atoms with Gasteiger partial charge in [0.15, 0.2) is 5.65 Å². The summed E-state index contributed by atoms with van der Waals surface area (Å²) in [5, 5.41) is 5.17. The molecule has 3 heterocycles. The third kappa shape index (κ3) is 4.40. The number of ether oxygens (including phenoxy) is 1. The largest absolute Gasteiger partial charge is 0.466 e. The average Bonchev–Trinajstić information content (AvgIpc) is 3.33. The van der Waals surface area contributed by atoms with E-state index in [-0.39, 0.29) is 25.1 Å². The SMILES string of the molecule is CCOC(=O)CN(CC1CC1)C(=O)c1cc(-c2cc(C)oc2C)nc2c1cnn2C(C)C. The molecule has 0 saturated heterocycles. The second kappa shape index (κ2) is 8.76. The molecular formula is C24H30N4O4. The van der Waals surface area contributed by atoms with Crippen molar-refractivity contribution < 1.29 is 18.7 Å². The Morgan fingerprint density at radius 3 is 2.62 bits per heavy atom. The second-order valence-corrected chi connectivity index (χ2v) is 8.74. The van der Waals surface area contributed by atoms with E-state index in [9.17, 15) is 9.59 Å². The molecule has 1 amide bonds. The Kier molecular flexibility index (Phi) is 6.04. The maximum absolute atomic E-state index is 13.7. The van der Waals surface area contributed by atoms with Crippen LogP contribution in [0.5, 0.6) is 0 Å². The van der Waals surface area contributed by atoms with Gasteiger partial charge in [0.05, 0.1) is 29.4 Å². The van der Waals surface area contributed by atoms with Crippen LogP contribution >= 0.6 is 0 Å². The summed E-state index contributed by atoms with van der Waals surface area (Å²) in [4.78, 5) is 32.4. The molecule has 0 unspecified atom stereocenters.